The number of amides is 1. The van der Waals surface area contributed by atoms with Gasteiger partial charge in [-0.1, -0.05) is 18.2 Å². The fraction of sp³-hybridized carbons (Fsp3) is 0.300. The van der Waals surface area contributed by atoms with Gasteiger partial charge in [0.25, 0.3) is 5.91 Å². The third kappa shape index (κ3) is 3.85. The average molecular weight is 357 g/mol. The Morgan fingerprint density at radius 1 is 1.23 bits per heavy atom. The Labute approximate surface area is 151 Å². The number of carboxylic acid groups (broad SMARTS) is 1. The van der Waals surface area contributed by atoms with E-state index in [1.807, 2.05) is 6.07 Å². The van der Waals surface area contributed by atoms with Crippen LogP contribution >= 0.6 is 0 Å². The van der Waals surface area contributed by atoms with Gasteiger partial charge < -0.3 is 14.7 Å². The summed E-state index contributed by atoms with van der Waals surface area (Å²) in [6.45, 7) is 2.49. The number of rotatable bonds is 5. The highest BCUT2D eigenvalue weighted by Crippen LogP contribution is 2.31. The van der Waals surface area contributed by atoms with Gasteiger partial charge >= 0.3 is 5.97 Å². The Kier molecular flexibility index (Phi) is 4.93. The minimum atomic E-state index is -0.895. The van der Waals surface area contributed by atoms with Gasteiger partial charge in [-0.15, -0.1) is 0 Å². The maximum Gasteiger partial charge on any atom is 0.311 e. The molecule has 26 heavy (non-hydrogen) atoms. The number of likely N-dealkylation sites (tertiary alicyclic amines) is 1. The molecule has 1 atom stereocenters. The highest BCUT2D eigenvalue weighted by molar-refractivity contribution is 5.95. The Bertz CT molecular complexity index is 838. The van der Waals surface area contributed by atoms with Crippen LogP contribution in [0.3, 0.4) is 0 Å². The number of halogens is 1. The second-order valence-corrected chi connectivity index (χ2v) is 6.79. The second kappa shape index (κ2) is 7.15. The number of hydrogen-bond donors (Lipinski definition) is 1. The van der Waals surface area contributed by atoms with Gasteiger partial charge in [0.1, 0.15) is 18.2 Å². The third-order valence-electron chi connectivity index (χ3n) is 4.65. The summed E-state index contributed by atoms with van der Waals surface area (Å²) in [5, 5.41) is 9.30. The first kappa shape index (κ1) is 17.9. The van der Waals surface area contributed by atoms with Crippen LogP contribution in [0.5, 0.6) is 5.75 Å². The molecule has 2 aromatic carbocycles. The van der Waals surface area contributed by atoms with Gasteiger partial charge in [0.05, 0.1) is 5.41 Å². The smallest absolute Gasteiger partial charge is 0.311 e. The van der Waals surface area contributed by atoms with Crippen LogP contribution in [0.15, 0.2) is 48.5 Å². The fourth-order valence-corrected chi connectivity index (χ4v) is 3.01. The van der Waals surface area contributed by atoms with Gasteiger partial charge in [-0.05, 0) is 43.2 Å². The van der Waals surface area contributed by atoms with Crippen molar-refractivity contribution in [2.45, 2.75) is 20.0 Å². The molecular weight excluding hydrogens is 337 g/mol. The zero-order valence-corrected chi connectivity index (χ0v) is 14.4. The number of hydrogen-bond acceptors (Lipinski definition) is 3. The summed E-state index contributed by atoms with van der Waals surface area (Å²) in [7, 11) is 0. The Balaban J connectivity index is 1.67. The Morgan fingerprint density at radius 3 is 2.69 bits per heavy atom. The van der Waals surface area contributed by atoms with Crippen molar-refractivity contribution in [2.24, 2.45) is 5.41 Å². The maximum absolute atomic E-state index is 13.2. The molecule has 1 amide bonds. The van der Waals surface area contributed by atoms with Crippen LogP contribution < -0.4 is 4.74 Å². The van der Waals surface area contributed by atoms with Crippen LogP contribution in [0.4, 0.5) is 4.39 Å². The molecule has 0 radical (unpaired) electrons. The highest BCUT2D eigenvalue weighted by Gasteiger charge is 2.42. The largest absolute Gasteiger partial charge is 0.489 e. The van der Waals surface area contributed by atoms with Crippen LogP contribution in [-0.4, -0.2) is 35.0 Å². The first-order valence-corrected chi connectivity index (χ1v) is 8.37. The van der Waals surface area contributed by atoms with Crippen LogP contribution in [0.25, 0.3) is 0 Å². The molecule has 3 rings (SSSR count). The predicted octanol–water partition coefficient (Wildman–Crippen LogP) is 3.34. The van der Waals surface area contributed by atoms with E-state index in [2.05, 4.69) is 0 Å². The fourth-order valence-electron chi connectivity index (χ4n) is 3.01. The minimum absolute atomic E-state index is 0.192. The number of ether oxygens (including phenoxy) is 1. The molecule has 0 aliphatic carbocycles. The summed E-state index contributed by atoms with van der Waals surface area (Å²) in [5.74, 6) is -1.03. The minimum Gasteiger partial charge on any atom is -0.489 e. The molecule has 1 saturated heterocycles. The van der Waals surface area contributed by atoms with Crippen LogP contribution in [0, 0.1) is 11.2 Å². The quantitative estimate of drug-likeness (QED) is 0.891. The van der Waals surface area contributed by atoms with E-state index in [9.17, 15) is 19.1 Å². The predicted molar refractivity (Wildman–Crippen MR) is 93.4 cm³/mol. The lowest BCUT2D eigenvalue weighted by molar-refractivity contribution is -0.147. The maximum atomic E-state index is 13.2. The number of carboxylic acids is 1. The zero-order valence-electron chi connectivity index (χ0n) is 14.4. The molecule has 0 bridgehead atoms. The molecule has 136 valence electrons. The van der Waals surface area contributed by atoms with Gasteiger partial charge in [-0.25, -0.2) is 4.39 Å². The van der Waals surface area contributed by atoms with Crippen molar-refractivity contribution in [1.82, 2.24) is 4.90 Å². The van der Waals surface area contributed by atoms with E-state index >= 15 is 0 Å². The average Bonchev–Trinajstić information content (AvgIpc) is 3.03. The van der Waals surface area contributed by atoms with Gasteiger partial charge in [-0.3, -0.25) is 9.59 Å². The summed E-state index contributed by atoms with van der Waals surface area (Å²) >= 11 is 0. The van der Waals surface area contributed by atoms with E-state index in [0.717, 1.165) is 5.56 Å². The molecule has 1 aliphatic heterocycles. The van der Waals surface area contributed by atoms with Crippen molar-refractivity contribution in [3.05, 3.63) is 65.5 Å². The summed E-state index contributed by atoms with van der Waals surface area (Å²) in [4.78, 5) is 25.6. The molecule has 1 aliphatic rings. The number of carbonyl (C=O) groups excluding carboxylic acids is 1. The number of carbonyl (C=O) groups is 2. The van der Waals surface area contributed by atoms with Crippen LogP contribution in [-0.2, 0) is 11.4 Å². The van der Waals surface area contributed by atoms with Crippen molar-refractivity contribution >= 4 is 11.9 Å². The topological polar surface area (TPSA) is 66.8 Å². The first-order valence-electron chi connectivity index (χ1n) is 8.37. The molecule has 1 heterocycles. The summed E-state index contributed by atoms with van der Waals surface area (Å²) in [6, 6.07) is 12.9. The SMILES string of the molecule is CC1(C(=O)O)CCN(C(=O)c2cccc(COc3cccc(F)c3)c2)C1. The van der Waals surface area contributed by atoms with Gasteiger partial charge in [0.2, 0.25) is 0 Å². The highest BCUT2D eigenvalue weighted by atomic mass is 19.1. The third-order valence-corrected chi connectivity index (χ3v) is 4.65. The molecule has 1 N–H and O–H groups in total. The standard InChI is InChI=1S/C20H20FNO4/c1-20(19(24)25)8-9-22(13-20)18(23)15-5-2-4-14(10-15)12-26-17-7-3-6-16(21)11-17/h2-7,10-11H,8-9,12-13H2,1H3,(H,24,25). The van der Waals surface area contributed by atoms with Gasteiger partial charge in [0, 0.05) is 24.7 Å². The number of nitrogens with zero attached hydrogens (tertiary/aromatic N) is 1. The Morgan fingerprint density at radius 2 is 2.00 bits per heavy atom. The van der Waals surface area contributed by atoms with E-state index in [0.29, 0.717) is 24.3 Å². The zero-order chi connectivity index (χ0) is 18.7. The number of benzene rings is 2. The van der Waals surface area contributed by atoms with Crippen LogP contribution in [0.2, 0.25) is 0 Å². The lowest BCUT2D eigenvalue weighted by atomic mass is 9.90. The molecule has 0 spiro atoms. The lowest BCUT2D eigenvalue weighted by Crippen LogP contribution is -2.34. The Hall–Kier alpha value is -2.89. The van der Waals surface area contributed by atoms with Crippen molar-refractivity contribution in [1.29, 1.82) is 0 Å². The second-order valence-electron chi connectivity index (χ2n) is 6.79. The van der Waals surface area contributed by atoms with E-state index < -0.39 is 11.4 Å². The van der Waals surface area contributed by atoms with Gasteiger partial charge in [-0.2, -0.15) is 0 Å². The molecule has 5 nitrogen and oxygen atoms in total. The number of aliphatic carboxylic acids is 1. The summed E-state index contributed by atoms with van der Waals surface area (Å²) in [5.41, 5.74) is 0.369. The van der Waals surface area contributed by atoms with Crippen molar-refractivity contribution < 1.29 is 23.8 Å². The van der Waals surface area contributed by atoms with E-state index in [1.54, 1.807) is 42.2 Å². The van der Waals surface area contributed by atoms with Crippen molar-refractivity contribution in [3.8, 4) is 5.75 Å². The summed E-state index contributed by atoms with van der Waals surface area (Å²) in [6.07, 6.45) is 0.441. The molecule has 1 fully saturated rings. The molecule has 0 aromatic heterocycles. The van der Waals surface area contributed by atoms with E-state index in [4.69, 9.17) is 4.74 Å². The lowest BCUT2D eigenvalue weighted by Gasteiger charge is -2.20. The molecule has 0 saturated carbocycles. The first-order chi connectivity index (χ1) is 12.4. The van der Waals surface area contributed by atoms with Gasteiger partial charge in [0.15, 0.2) is 0 Å². The molecule has 2 aromatic rings. The monoisotopic (exact) mass is 357 g/mol. The molecular formula is C20H20FNO4. The van der Waals surface area contributed by atoms with Crippen LogP contribution in [0.1, 0.15) is 29.3 Å². The van der Waals surface area contributed by atoms with Crippen molar-refractivity contribution in [3.63, 3.8) is 0 Å². The van der Waals surface area contributed by atoms with E-state index in [1.165, 1.54) is 12.1 Å². The molecule has 6 heteroatoms. The van der Waals surface area contributed by atoms with Crippen molar-refractivity contribution in [2.75, 3.05) is 13.1 Å². The molecule has 1 unspecified atom stereocenters. The van der Waals surface area contributed by atoms with E-state index in [-0.39, 0.29) is 24.9 Å². The normalized spacial score (nSPS) is 19.4. The summed E-state index contributed by atoms with van der Waals surface area (Å²) < 4.78 is 18.7.